The molecule has 4 nitrogen and oxygen atoms in total. The Hall–Kier alpha value is -0.130. The van der Waals surface area contributed by atoms with Crippen molar-refractivity contribution in [2.45, 2.75) is 12.4 Å². The maximum atomic E-state index is 11.0. The fourth-order valence-corrected chi connectivity index (χ4v) is 1.72. The molecule has 1 atom stereocenters. The number of aliphatic hydroxyl groups is 1. The van der Waals surface area contributed by atoms with E-state index in [0.29, 0.717) is 13.1 Å². The topological polar surface area (TPSA) is 57.6 Å². The number of aliphatic hydroxyl groups excluding tert-OH is 1. The predicted octanol–water partition coefficient (Wildman–Crippen LogP) is -0.826. The van der Waals surface area contributed by atoms with Crippen LogP contribution in [0.1, 0.15) is 6.92 Å². The number of hydrogen-bond acceptors (Lipinski definition) is 3. The molecule has 1 N–H and O–H groups in total. The van der Waals surface area contributed by atoms with Gasteiger partial charge in [-0.15, -0.1) is 0 Å². The van der Waals surface area contributed by atoms with Crippen molar-refractivity contribution >= 4 is 10.0 Å². The van der Waals surface area contributed by atoms with Crippen molar-refractivity contribution in [3.63, 3.8) is 0 Å². The van der Waals surface area contributed by atoms with Crippen molar-refractivity contribution in [2.75, 3.05) is 13.1 Å². The van der Waals surface area contributed by atoms with Crippen molar-refractivity contribution in [1.82, 2.24) is 4.31 Å². The van der Waals surface area contributed by atoms with E-state index in [4.69, 9.17) is 5.11 Å². The molecule has 59 valence electrons. The van der Waals surface area contributed by atoms with Crippen LogP contribution >= 0.6 is 0 Å². The zero-order chi connectivity index (χ0) is 7.78. The Balaban J connectivity index is 2.68. The second-order valence-corrected chi connectivity index (χ2v) is 4.48. The van der Waals surface area contributed by atoms with Crippen LogP contribution in [0.4, 0.5) is 0 Å². The zero-order valence-electron chi connectivity index (χ0n) is 5.69. The third kappa shape index (κ3) is 1.16. The summed E-state index contributed by atoms with van der Waals surface area (Å²) in [7, 11) is -3.38. The van der Waals surface area contributed by atoms with Gasteiger partial charge in [-0.3, -0.25) is 0 Å². The molecule has 1 rings (SSSR count). The van der Waals surface area contributed by atoms with Gasteiger partial charge < -0.3 is 5.11 Å². The Labute approximate surface area is 60.5 Å². The third-order valence-corrected chi connectivity index (χ3v) is 3.34. The number of nitrogens with zero attached hydrogens (tertiary/aromatic N) is 1. The van der Waals surface area contributed by atoms with Crippen LogP contribution in [0.2, 0.25) is 0 Å². The molecule has 0 bridgehead atoms. The molecule has 0 aliphatic carbocycles. The second kappa shape index (κ2) is 2.48. The van der Waals surface area contributed by atoms with Crippen molar-refractivity contribution in [2.24, 2.45) is 0 Å². The van der Waals surface area contributed by atoms with E-state index in [0.717, 1.165) is 0 Å². The van der Waals surface area contributed by atoms with Crippen LogP contribution < -0.4 is 0 Å². The molecule has 1 saturated heterocycles. The molecule has 0 amide bonds. The first kappa shape index (κ1) is 7.97. The minimum atomic E-state index is -3.38. The Bertz CT molecular complexity index is 205. The first-order chi connectivity index (χ1) is 4.55. The summed E-state index contributed by atoms with van der Waals surface area (Å²) < 4.78 is 23.2. The van der Waals surface area contributed by atoms with Gasteiger partial charge in [0.15, 0.2) is 5.44 Å². The quantitative estimate of drug-likeness (QED) is 0.580. The third-order valence-electron chi connectivity index (χ3n) is 1.46. The second-order valence-electron chi connectivity index (χ2n) is 2.25. The first-order valence-electron chi connectivity index (χ1n) is 3.04. The predicted molar refractivity (Wildman–Crippen MR) is 36.5 cm³/mol. The molecule has 1 aliphatic heterocycles. The van der Waals surface area contributed by atoms with E-state index in [2.05, 4.69) is 0 Å². The molecular formula is C5H10NO3S. The highest BCUT2D eigenvalue weighted by Crippen LogP contribution is 2.14. The summed E-state index contributed by atoms with van der Waals surface area (Å²) in [5.41, 5.74) is -1.28. The highest BCUT2D eigenvalue weighted by atomic mass is 32.2. The molecule has 1 radical (unpaired) electrons. The Morgan fingerprint density at radius 3 is 2.20 bits per heavy atom. The number of hydrogen-bond donors (Lipinski definition) is 1. The summed E-state index contributed by atoms with van der Waals surface area (Å²) in [6.07, 6.45) is 1.83. The van der Waals surface area contributed by atoms with Crippen LogP contribution in [0, 0.1) is 6.42 Å². The van der Waals surface area contributed by atoms with E-state index in [1.165, 1.54) is 11.2 Å². The highest BCUT2D eigenvalue weighted by Gasteiger charge is 2.31. The summed E-state index contributed by atoms with van der Waals surface area (Å²) in [6.45, 7) is 2.13. The van der Waals surface area contributed by atoms with E-state index in [9.17, 15) is 8.42 Å². The Morgan fingerprint density at radius 2 is 2.10 bits per heavy atom. The number of rotatable bonds is 2. The standard InChI is InChI=1S/C5H10NO3S/c1-5(7)10(8,9)6-3-2-4-6/h2,5,7H,3-4H2,1H3. The maximum absolute atomic E-state index is 11.0. The first-order valence-corrected chi connectivity index (χ1v) is 4.54. The SMILES string of the molecule is CC(O)S(=O)(=O)N1C[CH]C1. The molecule has 0 aromatic heterocycles. The van der Waals surface area contributed by atoms with Gasteiger partial charge >= 0.3 is 0 Å². The van der Waals surface area contributed by atoms with Gasteiger partial charge in [0.05, 0.1) is 0 Å². The van der Waals surface area contributed by atoms with E-state index >= 15 is 0 Å². The van der Waals surface area contributed by atoms with Gasteiger partial charge in [0.2, 0.25) is 10.0 Å². The summed E-state index contributed by atoms with van der Waals surface area (Å²) in [5.74, 6) is 0. The molecule has 1 aliphatic rings. The van der Waals surface area contributed by atoms with Gasteiger partial charge in [-0.05, 0) is 13.3 Å². The normalized spacial score (nSPS) is 23.8. The van der Waals surface area contributed by atoms with Crippen molar-refractivity contribution in [3.05, 3.63) is 6.42 Å². The van der Waals surface area contributed by atoms with Gasteiger partial charge in [-0.25, -0.2) is 8.42 Å². The van der Waals surface area contributed by atoms with Crippen molar-refractivity contribution in [3.8, 4) is 0 Å². The van der Waals surface area contributed by atoms with Gasteiger partial charge in [0, 0.05) is 13.1 Å². The summed E-state index contributed by atoms with van der Waals surface area (Å²) >= 11 is 0. The molecule has 1 unspecified atom stereocenters. The summed E-state index contributed by atoms with van der Waals surface area (Å²) in [4.78, 5) is 0. The van der Waals surface area contributed by atoms with Crippen LogP contribution in [-0.2, 0) is 10.0 Å². The lowest BCUT2D eigenvalue weighted by atomic mass is 10.3. The Morgan fingerprint density at radius 1 is 1.60 bits per heavy atom. The fraction of sp³-hybridized carbons (Fsp3) is 0.800. The maximum Gasteiger partial charge on any atom is 0.240 e. The largest absolute Gasteiger partial charge is 0.376 e. The van der Waals surface area contributed by atoms with Crippen LogP contribution in [-0.4, -0.2) is 36.4 Å². The monoisotopic (exact) mass is 164 g/mol. The lowest BCUT2D eigenvalue weighted by Crippen LogP contribution is -2.46. The zero-order valence-corrected chi connectivity index (χ0v) is 6.50. The lowest BCUT2D eigenvalue weighted by Gasteiger charge is -2.30. The van der Waals surface area contributed by atoms with Gasteiger partial charge in [0.25, 0.3) is 0 Å². The van der Waals surface area contributed by atoms with Crippen molar-refractivity contribution < 1.29 is 13.5 Å². The van der Waals surface area contributed by atoms with Gasteiger partial charge in [-0.1, -0.05) is 0 Å². The Kier molecular flexibility index (Phi) is 1.98. The molecule has 0 aromatic rings. The van der Waals surface area contributed by atoms with Gasteiger partial charge in [-0.2, -0.15) is 4.31 Å². The average molecular weight is 164 g/mol. The van der Waals surface area contributed by atoms with E-state index in [1.807, 2.05) is 6.42 Å². The van der Waals surface area contributed by atoms with Crippen LogP contribution in [0.5, 0.6) is 0 Å². The molecule has 5 heteroatoms. The van der Waals surface area contributed by atoms with Crippen LogP contribution in [0.15, 0.2) is 0 Å². The van der Waals surface area contributed by atoms with E-state index in [1.54, 1.807) is 0 Å². The minimum absolute atomic E-state index is 0.438. The lowest BCUT2D eigenvalue weighted by molar-refractivity contribution is 0.247. The van der Waals surface area contributed by atoms with Gasteiger partial charge in [0.1, 0.15) is 0 Å². The van der Waals surface area contributed by atoms with Crippen molar-refractivity contribution in [1.29, 1.82) is 0 Å². The highest BCUT2D eigenvalue weighted by molar-refractivity contribution is 7.89. The van der Waals surface area contributed by atoms with Crippen LogP contribution in [0.25, 0.3) is 0 Å². The van der Waals surface area contributed by atoms with E-state index in [-0.39, 0.29) is 0 Å². The van der Waals surface area contributed by atoms with E-state index < -0.39 is 15.5 Å². The summed E-state index contributed by atoms with van der Waals surface area (Å²) in [6, 6.07) is 0. The minimum Gasteiger partial charge on any atom is -0.376 e. The molecule has 1 heterocycles. The number of sulfonamides is 1. The molecule has 0 aromatic carbocycles. The molecular weight excluding hydrogens is 154 g/mol. The van der Waals surface area contributed by atoms with Crippen LogP contribution in [0.3, 0.4) is 0 Å². The molecule has 10 heavy (non-hydrogen) atoms. The summed E-state index contributed by atoms with van der Waals surface area (Å²) in [5, 5.41) is 8.77. The molecule has 0 spiro atoms. The molecule has 1 fully saturated rings. The smallest absolute Gasteiger partial charge is 0.240 e. The average Bonchev–Trinajstić information content (AvgIpc) is 1.57. The fourth-order valence-electron chi connectivity index (χ4n) is 0.658. The molecule has 0 saturated carbocycles.